The minimum Gasteiger partial charge on any atom is -0.465 e. The van der Waals surface area contributed by atoms with E-state index in [-0.39, 0.29) is 17.9 Å². The Balaban J connectivity index is 1.98. The molecule has 0 aliphatic carbocycles. The molecule has 3 rings (SSSR count). The van der Waals surface area contributed by atoms with Crippen LogP contribution in [-0.2, 0) is 14.3 Å². The van der Waals surface area contributed by atoms with Gasteiger partial charge in [0.2, 0.25) is 0 Å². The van der Waals surface area contributed by atoms with Crippen LogP contribution >= 0.6 is 11.8 Å². The van der Waals surface area contributed by atoms with Gasteiger partial charge in [-0.15, -0.1) is 11.8 Å². The van der Waals surface area contributed by atoms with E-state index in [4.69, 9.17) is 4.74 Å². The zero-order valence-electron chi connectivity index (χ0n) is 12.7. The number of benzene rings is 2. The Kier molecular flexibility index (Phi) is 4.67. The average Bonchev–Trinajstić information content (AvgIpc) is 2.94. The third kappa shape index (κ3) is 3.10. The molecule has 2 atom stereocenters. The second kappa shape index (κ2) is 6.87. The van der Waals surface area contributed by atoms with Gasteiger partial charge in [0, 0.05) is 5.69 Å². The van der Waals surface area contributed by atoms with E-state index in [2.05, 4.69) is 0 Å². The van der Waals surface area contributed by atoms with Crippen molar-refractivity contribution in [3.63, 3.8) is 0 Å². The average molecular weight is 327 g/mol. The van der Waals surface area contributed by atoms with Crippen molar-refractivity contribution in [3.05, 3.63) is 66.2 Å². The zero-order valence-corrected chi connectivity index (χ0v) is 13.5. The van der Waals surface area contributed by atoms with Gasteiger partial charge in [0.05, 0.1) is 6.61 Å². The van der Waals surface area contributed by atoms with Crippen molar-refractivity contribution in [1.82, 2.24) is 0 Å². The van der Waals surface area contributed by atoms with Gasteiger partial charge in [-0.3, -0.25) is 14.5 Å². The molecule has 0 spiro atoms. The van der Waals surface area contributed by atoms with Crippen LogP contribution in [0.4, 0.5) is 5.69 Å². The Hall–Kier alpha value is -2.27. The second-order valence-electron chi connectivity index (χ2n) is 5.08. The van der Waals surface area contributed by atoms with E-state index < -0.39 is 11.2 Å². The number of hydrogen-bond acceptors (Lipinski definition) is 4. The highest BCUT2D eigenvalue weighted by Gasteiger charge is 2.46. The summed E-state index contributed by atoms with van der Waals surface area (Å²) in [6.07, 6.45) is 0. The van der Waals surface area contributed by atoms with Crippen molar-refractivity contribution in [2.45, 2.75) is 17.5 Å². The number of esters is 1. The number of anilines is 1. The summed E-state index contributed by atoms with van der Waals surface area (Å²) >= 11 is 1.32. The molecule has 1 saturated heterocycles. The van der Waals surface area contributed by atoms with E-state index in [1.54, 1.807) is 11.8 Å². The molecule has 4 nitrogen and oxygen atoms in total. The summed E-state index contributed by atoms with van der Waals surface area (Å²) < 4.78 is 5.06. The molecule has 2 unspecified atom stereocenters. The van der Waals surface area contributed by atoms with Crippen molar-refractivity contribution >= 4 is 29.3 Å². The fourth-order valence-corrected chi connectivity index (χ4v) is 3.89. The highest BCUT2D eigenvalue weighted by molar-refractivity contribution is 8.02. The maximum absolute atomic E-state index is 12.8. The molecule has 0 bridgehead atoms. The molecule has 0 N–H and O–H groups in total. The topological polar surface area (TPSA) is 46.6 Å². The standard InChI is InChI=1S/C18H17NO3S/c1-2-22-18(21)15-16(20)19(14-11-7-4-8-12-14)17(23-15)13-9-5-3-6-10-13/h3-12,15,17H,2H2,1H3. The SMILES string of the molecule is CCOC(=O)C1SC(c2ccccc2)N(c2ccccc2)C1=O. The molecule has 2 aromatic rings. The van der Waals surface area contributed by atoms with Crippen LogP contribution in [0.5, 0.6) is 0 Å². The largest absolute Gasteiger partial charge is 0.465 e. The van der Waals surface area contributed by atoms with E-state index in [1.165, 1.54) is 11.8 Å². The fraction of sp³-hybridized carbons (Fsp3) is 0.222. The van der Waals surface area contributed by atoms with Gasteiger partial charge in [-0.05, 0) is 24.6 Å². The molecular formula is C18H17NO3S. The molecule has 1 aliphatic heterocycles. The lowest BCUT2D eigenvalue weighted by Crippen LogP contribution is -2.35. The van der Waals surface area contributed by atoms with Crippen LogP contribution in [0.25, 0.3) is 0 Å². The lowest BCUT2D eigenvalue weighted by Gasteiger charge is -2.24. The number of rotatable bonds is 4. The quantitative estimate of drug-likeness (QED) is 0.638. The van der Waals surface area contributed by atoms with Gasteiger partial charge < -0.3 is 4.74 Å². The molecule has 2 aromatic carbocycles. The van der Waals surface area contributed by atoms with Gasteiger partial charge in [-0.1, -0.05) is 48.5 Å². The summed E-state index contributed by atoms with van der Waals surface area (Å²) in [6.45, 7) is 2.01. The van der Waals surface area contributed by atoms with E-state index in [0.717, 1.165) is 11.3 Å². The van der Waals surface area contributed by atoms with E-state index in [1.807, 2.05) is 60.7 Å². The maximum atomic E-state index is 12.8. The monoisotopic (exact) mass is 327 g/mol. The predicted molar refractivity (Wildman–Crippen MR) is 91.1 cm³/mol. The number of para-hydroxylation sites is 1. The van der Waals surface area contributed by atoms with Crippen molar-refractivity contribution in [1.29, 1.82) is 0 Å². The zero-order chi connectivity index (χ0) is 16.2. The molecule has 23 heavy (non-hydrogen) atoms. The first-order chi connectivity index (χ1) is 11.2. The number of hydrogen-bond donors (Lipinski definition) is 0. The van der Waals surface area contributed by atoms with Crippen LogP contribution in [0.3, 0.4) is 0 Å². The fourth-order valence-electron chi connectivity index (χ4n) is 2.56. The highest BCUT2D eigenvalue weighted by atomic mass is 32.2. The molecule has 1 fully saturated rings. The minimum atomic E-state index is -0.819. The summed E-state index contributed by atoms with van der Waals surface area (Å²) in [5, 5.41) is -1.05. The number of nitrogens with zero attached hydrogens (tertiary/aromatic N) is 1. The summed E-state index contributed by atoms with van der Waals surface area (Å²) in [7, 11) is 0. The van der Waals surface area contributed by atoms with Crippen molar-refractivity contribution in [2.75, 3.05) is 11.5 Å². The lowest BCUT2D eigenvalue weighted by molar-refractivity contribution is -0.144. The van der Waals surface area contributed by atoms with Crippen LogP contribution in [0.15, 0.2) is 60.7 Å². The van der Waals surface area contributed by atoms with Crippen molar-refractivity contribution in [3.8, 4) is 0 Å². The Bertz CT molecular complexity index is 690. The highest BCUT2D eigenvalue weighted by Crippen LogP contribution is 2.45. The molecular weight excluding hydrogens is 310 g/mol. The van der Waals surface area contributed by atoms with Gasteiger partial charge in [0.25, 0.3) is 5.91 Å². The Morgan fingerprint density at radius 3 is 2.30 bits per heavy atom. The van der Waals surface area contributed by atoms with Crippen LogP contribution < -0.4 is 4.90 Å². The van der Waals surface area contributed by atoms with Gasteiger partial charge in [0.1, 0.15) is 5.37 Å². The smallest absolute Gasteiger partial charge is 0.328 e. The van der Waals surface area contributed by atoms with E-state index >= 15 is 0 Å². The molecule has 1 heterocycles. The normalized spacial score (nSPS) is 20.6. The third-order valence-corrected chi connectivity index (χ3v) is 4.99. The number of thioether (sulfide) groups is 1. The van der Waals surface area contributed by atoms with Crippen molar-refractivity contribution < 1.29 is 14.3 Å². The van der Waals surface area contributed by atoms with Crippen LogP contribution in [0.2, 0.25) is 0 Å². The number of carbonyl (C=O) groups is 2. The van der Waals surface area contributed by atoms with Gasteiger partial charge in [-0.2, -0.15) is 0 Å². The molecule has 1 amide bonds. The molecule has 0 radical (unpaired) electrons. The Morgan fingerprint density at radius 1 is 1.09 bits per heavy atom. The molecule has 118 valence electrons. The van der Waals surface area contributed by atoms with E-state index in [9.17, 15) is 9.59 Å². The number of carbonyl (C=O) groups excluding carboxylic acids is 2. The Labute approximate surface area is 139 Å². The van der Waals surface area contributed by atoms with E-state index in [0.29, 0.717) is 0 Å². The van der Waals surface area contributed by atoms with Gasteiger partial charge >= 0.3 is 5.97 Å². The van der Waals surface area contributed by atoms with Crippen LogP contribution in [-0.4, -0.2) is 23.7 Å². The molecule has 0 aromatic heterocycles. The first-order valence-electron chi connectivity index (χ1n) is 7.47. The van der Waals surface area contributed by atoms with Gasteiger partial charge in [0.15, 0.2) is 5.25 Å². The maximum Gasteiger partial charge on any atom is 0.328 e. The first kappa shape index (κ1) is 15.6. The molecule has 1 aliphatic rings. The van der Waals surface area contributed by atoms with Crippen LogP contribution in [0.1, 0.15) is 17.9 Å². The predicted octanol–water partition coefficient (Wildman–Crippen LogP) is 3.40. The molecule has 5 heteroatoms. The summed E-state index contributed by atoms with van der Waals surface area (Å²) in [6, 6.07) is 19.1. The number of ether oxygens (including phenoxy) is 1. The Morgan fingerprint density at radius 2 is 1.70 bits per heavy atom. The molecule has 0 saturated carbocycles. The first-order valence-corrected chi connectivity index (χ1v) is 8.42. The minimum absolute atomic E-state index is 0.228. The van der Waals surface area contributed by atoms with Gasteiger partial charge in [-0.25, -0.2) is 0 Å². The lowest BCUT2D eigenvalue weighted by atomic mass is 10.2. The number of amides is 1. The summed E-state index contributed by atoms with van der Waals surface area (Å²) in [5.41, 5.74) is 1.77. The summed E-state index contributed by atoms with van der Waals surface area (Å²) in [5.74, 6) is -0.699. The summed E-state index contributed by atoms with van der Waals surface area (Å²) in [4.78, 5) is 26.6. The third-order valence-electron chi connectivity index (χ3n) is 3.58. The van der Waals surface area contributed by atoms with Crippen molar-refractivity contribution in [2.24, 2.45) is 0 Å². The van der Waals surface area contributed by atoms with Crippen LogP contribution in [0, 0.1) is 0 Å². The second-order valence-corrected chi connectivity index (χ2v) is 6.27.